The number of amides is 1. The zero-order valence-corrected chi connectivity index (χ0v) is 11.5. The van der Waals surface area contributed by atoms with Gasteiger partial charge in [-0.3, -0.25) is 4.79 Å². The number of Topliss-reactive ketones (excluding diaryl/α,β-unsaturated/α-hetero) is 1. The first-order valence-corrected chi connectivity index (χ1v) is 6.79. The lowest BCUT2D eigenvalue weighted by atomic mass is 9.73. The van der Waals surface area contributed by atoms with Gasteiger partial charge in [-0.05, 0) is 38.5 Å². The third-order valence-corrected chi connectivity index (χ3v) is 4.27. The van der Waals surface area contributed by atoms with Gasteiger partial charge in [-0.25, -0.2) is 4.79 Å². The minimum atomic E-state index is -0.489. The second-order valence-electron chi connectivity index (χ2n) is 5.43. The van der Waals surface area contributed by atoms with Crippen LogP contribution in [0.1, 0.15) is 26.7 Å². The van der Waals surface area contributed by atoms with E-state index in [2.05, 4.69) is 17.5 Å². The number of carbonyl (C=O) groups excluding carboxylic acids is 2. The van der Waals surface area contributed by atoms with E-state index in [-0.39, 0.29) is 18.3 Å². The lowest BCUT2D eigenvalue weighted by molar-refractivity contribution is -0.130. The maximum Gasteiger partial charge on any atom is 0.407 e. The average Bonchev–Trinajstić information content (AvgIpc) is 2.97. The van der Waals surface area contributed by atoms with Crippen LogP contribution in [0.15, 0.2) is 24.3 Å². The summed E-state index contributed by atoms with van der Waals surface area (Å²) >= 11 is 0. The second kappa shape index (κ2) is 5.59. The fourth-order valence-electron chi connectivity index (χ4n) is 3.13. The van der Waals surface area contributed by atoms with Gasteiger partial charge in [0.15, 0.2) is 0 Å². The monoisotopic (exact) mass is 263 g/mol. The minimum Gasteiger partial charge on any atom is -0.448 e. The Bertz CT molecular complexity index is 427. The molecule has 0 radical (unpaired) electrons. The second-order valence-corrected chi connectivity index (χ2v) is 5.43. The third kappa shape index (κ3) is 2.72. The van der Waals surface area contributed by atoms with Crippen LogP contribution >= 0.6 is 0 Å². The first-order valence-electron chi connectivity index (χ1n) is 6.79. The normalized spacial score (nSPS) is 31.9. The third-order valence-electron chi connectivity index (χ3n) is 4.27. The van der Waals surface area contributed by atoms with E-state index < -0.39 is 11.5 Å². The van der Waals surface area contributed by atoms with Gasteiger partial charge < -0.3 is 10.1 Å². The number of fused-ring (bicyclic) bond motifs is 2. The molecule has 0 aliphatic heterocycles. The van der Waals surface area contributed by atoms with Gasteiger partial charge >= 0.3 is 6.09 Å². The molecule has 2 rings (SSSR count). The largest absolute Gasteiger partial charge is 0.448 e. The molecule has 3 unspecified atom stereocenters. The van der Waals surface area contributed by atoms with Crippen molar-refractivity contribution in [1.82, 2.24) is 5.32 Å². The molecule has 0 spiro atoms. The maximum absolute atomic E-state index is 12.0. The van der Waals surface area contributed by atoms with Gasteiger partial charge in [-0.2, -0.15) is 0 Å². The highest BCUT2D eigenvalue weighted by atomic mass is 16.5. The van der Waals surface area contributed by atoms with E-state index in [9.17, 15) is 9.59 Å². The minimum absolute atomic E-state index is 0.130. The molecule has 4 nitrogen and oxygen atoms in total. The maximum atomic E-state index is 12.0. The van der Waals surface area contributed by atoms with Crippen LogP contribution in [0.2, 0.25) is 0 Å². The molecule has 2 aliphatic carbocycles. The zero-order valence-electron chi connectivity index (χ0n) is 11.5. The molecule has 0 aromatic heterocycles. The van der Waals surface area contributed by atoms with E-state index in [0.29, 0.717) is 12.5 Å². The number of allylic oxidation sites excluding steroid dienone is 3. The standard InChI is InChI=1S/C15H21NO3/c1-3-4-7-16-14(18)19-10-15(11(2)17)9-12-5-6-13(15)8-12/h3-6,12-13H,7-10H2,1-2H3,(H,16,18)/b4-3+. The van der Waals surface area contributed by atoms with Gasteiger partial charge in [0.05, 0.1) is 5.41 Å². The van der Waals surface area contributed by atoms with Gasteiger partial charge in [-0.15, -0.1) is 0 Å². The Balaban J connectivity index is 1.91. The molecule has 1 fully saturated rings. The number of ketones is 1. The molecular formula is C15H21NO3. The van der Waals surface area contributed by atoms with Crippen LogP contribution in [0.25, 0.3) is 0 Å². The SMILES string of the molecule is C/C=C/CNC(=O)OCC1(C(C)=O)CC2C=CC1C2. The summed E-state index contributed by atoms with van der Waals surface area (Å²) in [5, 5.41) is 2.63. The molecule has 0 aromatic carbocycles. The van der Waals surface area contributed by atoms with Crippen molar-refractivity contribution in [1.29, 1.82) is 0 Å². The quantitative estimate of drug-likeness (QED) is 0.775. The van der Waals surface area contributed by atoms with Crippen LogP contribution in [-0.4, -0.2) is 25.0 Å². The highest BCUT2D eigenvalue weighted by Gasteiger charge is 2.52. The number of alkyl carbamates (subject to hydrolysis) is 1. The van der Waals surface area contributed by atoms with Crippen LogP contribution in [-0.2, 0) is 9.53 Å². The van der Waals surface area contributed by atoms with E-state index in [1.807, 2.05) is 19.1 Å². The molecule has 0 aromatic rings. The van der Waals surface area contributed by atoms with Gasteiger partial charge in [0.25, 0.3) is 0 Å². The van der Waals surface area contributed by atoms with Gasteiger partial charge in [0.2, 0.25) is 0 Å². The Kier molecular flexibility index (Phi) is 4.08. The molecule has 2 aliphatic rings. The summed E-state index contributed by atoms with van der Waals surface area (Å²) in [6.07, 6.45) is 9.36. The lowest BCUT2D eigenvalue weighted by Crippen LogP contribution is -2.40. The number of rotatable bonds is 5. The average molecular weight is 263 g/mol. The van der Waals surface area contributed by atoms with Crippen molar-refractivity contribution in [3.63, 3.8) is 0 Å². The van der Waals surface area contributed by atoms with E-state index in [4.69, 9.17) is 4.74 Å². The number of ether oxygens (including phenoxy) is 1. The lowest BCUT2D eigenvalue weighted by Gasteiger charge is -2.32. The summed E-state index contributed by atoms with van der Waals surface area (Å²) in [7, 11) is 0. The topological polar surface area (TPSA) is 55.4 Å². The molecule has 1 amide bonds. The Morgan fingerprint density at radius 2 is 2.26 bits per heavy atom. The summed E-state index contributed by atoms with van der Waals surface area (Å²) in [6, 6.07) is 0. The smallest absolute Gasteiger partial charge is 0.407 e. The van der Waals surface area contributed by atoms with Gasteiger partial charge in [-0.1, -0.05) is 24.3 Å². The van der Waals surface area contributed by atoms with Crippen molar-refractivity contribution < 1.29 is 14.3 Å². The van der Waals surface area contributed by atoms with Gasteiger partial charge in [0.1, 0.15) is 12.4 Å². The van der Waals surface area contributed by atoms with Crippen molar-refractivity contribution in [2.45, 2.75) is 26.7 Å². The number of nitrogens with one attached hydrogen (secondary N) is 1. The zero-order chi connectivity index (χ0) is 13.9. The Morgan fingerprint density at radius 3 is 2.79 bits per heavy atom. The van der Waals surface area contributed by atoms with E-state index in [1.54, 1.807) is 6.92 Å². The number of hydrogen-bond acceptors (Lipinski definition) is 3. The van der Waals surface area contributed by atoms with Gasteiger partial charge in [0, 0.05) is 6.54 Å². The molecule has 0 heterocycles. The Labute approximate surface area is 113 Å². The first-order chi connectivity index (χ1) is 9.08. The van der Waals surface area contributed by atoms with E-state index >= 15 is 0 Å². The predicted molar refractivity (Wildman–Crippen MR) is 72.6 cm³/mol. The Hall–Kier alpha value is -1.58. The van der Waals surface area contributed by atoms with E-state index in [1.165, 1.54) is 0 Å². The molecule has 1 N–H and O–H groups in total. The predicted octanol–water partition coefficient (Wildman–Crippen LogP) is 2.46. The summed E-state index contributed by atoms with van der Waals surface area (Å²) in [4.78, 5) is 23.5. The molecular weight excluding hydrogens is 242 g/mol. The number of carbonyl (C=O) groups is 2. The Morgan fingerprint density at radius 1 is 1.47 bits per heavy atom. The molecule has 2 bridgehead atoms. The molecule has 4 heteroatoms. The molecule has 1 saturated carbocycles. The summed E-state index contributed by atoms with van der Waals surface area (Å²) in [5.74, 6) is 0.840. The van der Waals surface area contributed by atoms with Crippen molar-refractivity contribution in [3.8, 4) is 0 Å². The first kappa shape index (κ1) is 13.8. The fraction of sp³-hybridized carbons (Fsp3) is 0.600. The van der Waals surface area contributed by atoms with Crippen molar-refractivity contribution >= 4 is 11.9 Å². The van der Waals surface area contributed by atoms with Crippen molar-refractivity contribution in [2.75, 3.05) is 13.2 Å². The molecule has 104 valence electrons. The summed E-state index contributed by atoms with van der Waals surface area (Å²) in [6.45, 7) is 4.14. The number of hydrogen-bond donors (Lipinski definition) is 1. The molecule has 3 atom stereocenters. The highest BCUT2D eigenvalue weighted by Crippen LogP contribution is 2.52. The molecule has 19 heavy (non-hydrogen) atoms. The summed E-state index contributed by atoms with van der Waals surface area (Å²) < 4.78 is 5.25. The molecule has 0 saturated heterocycles. The van der Waals surface area contributed by atoms with Crippen LogP contribution in [0.5, 0.6) is 0 Å². The fourth-order valence-corrected chi connectivity index (χ4v) is 3.13. The van der Waals surface area contributed by atoms with Crippen LogP contribution in [0.4, 0.5) is 4.79 Å². The van der Waals surface area contributed by atoms with Crippen molar-refractivity contribution in [3.05, 3.63) is 24.3 Å². The van der Waals surface area contributed by atoms with Crippen LogP contribution in [0.3, 0.4) is 0 Å². The van der Waals surface area contributed by atoms with E-state index in [0.717, 1.165) is 12.8 Å². The highest BCUT2D eigenvalue weighted by molar-refractivity contribution is 5.84. The van der Waals surface area contributed by atoms with Crippen molar-refractivity contribution in [2.24, 2.45) is 17.3 Å². The van der Waals surface area contributed by atoms with Crippen LogP contribution < -0.4 is 5.32 Å². The summed E-state index contributed by atoms with van der Waals surface area (Å²) in [5.41, 5.74) is -0.489. The van der Waals surface area contributed by atoms with Crippen LogP contribution in [0, 0.1) is 17.3 Å².